The van der Waals surface area contributed by atoms with E-state index in [1.54, 1.807) is 19.2 Å². The number of nitrogens with zero attached hydrogens (tertiary/aromatic N) is 6. The predicted octanol–water partition coefficient (Wildman–Crippen LogP) is 1.87. The monoisotopic (exact) mass is 430 g/mol. The zero-order valence-corrected chi connectivity index (χ0v) is 18.0. The first kappa shape index (κ1) is 19.8. The summed E-state index contributed by atoms with van der Waals surface area (Å²) in [6, 6.07) is 17.6. The smallest absolute Gasteiger partial charge is 0.332 e. The molecule has 3 heterocycles. The van der Waals surface area contributed by atoms with Crippen LogP contribution in [-0.4, -0.2) is 31.5 Å². The van der Waals surface area contributed by atoms with Crippen LogP contribution in [0.4, 0.5) is 5.95 Å². The summed E-state index contributed by atoms with van der Waals surface area (Å²) in [7, 11) is 4.72. The van der Waals surface area contributed by atoms with Crippen LogP contribution in [0.3, 0.4) is 0 Å². The fourth-order valence-corrected chi connectivity index (χ4v) is 3.95. The van der Waals surface area contributed by atoms with Gasteiger partial charge in [0.1, 0.15) is 5.75 Å². The van der Waals surface area contributed by atoms with Gasteiger partial charge in [-0.3, -0.25) is 18.5 Å². The van der Waals surface area contributed by atoms with E-state index >= 15 is 0 Å². The second-order valence-corrected chi connectivity index (χ2v) is 7.69. The van der Waals surface area contributed by atoms with Gasteiger partial charge < -0.3 is 4.74 Å². The summed E-state index contributed by atoms with van der Waals surface area (Å²) in [4.78, 5) is 30.2. The Hall–Kier alpha value is -4.14. The molecule has 0 N–H and O–H groups in total. The van der Waals surface area contributed by atoms with Crippen molar-refractivity contribution in [2.45, 2.75) is 13.1 Å². The van der Waals surface area contributed by atoms with E-state index in [4.69, 9.17) is 9.84 Å². The first-order chi connectivity index (χ1) is 15.5. The Balaban J connectivity index is 1.71. The third-order valence-electron chi connectivity index (χ3n) is 5.71. The van der Waals surface area contributed by atoms with E-state index in [-0.39, 0.29) is 5.56 Å². The summed E-state index contributed by atoms with van der Waals surface area (Å²) in [5.74, 6) is 1.28. The predicted molar refractivity (Wildman–Crippen MR) is 122 cm³/mol. The van der Waals surface area contributed by atoms with Crippen molar-refractivity contribution in [1.82, 2.24) is 18.7 Å². The van der Waals surface area contributed by atoms with E-state index in [0.717, 1.165) is 27.2 Å². The highest BCUT2D eigenvalue weighted by molar-refractivity contribution is 6.02. The highest BCUT2D eigenvalue weighted by atomic mass is 16.5. The minimum Gasteiger partial charge on any atom is -0.497 e. The Morgan fingerprint density at radius 1 is 0.969 bits per heavy atom. The molecule has 0 amide bonds. The summed E-state index contributed by atoms with van der Waals surface area (Å²) in [6.45, 7) is 0.828. The Bertz CT molecular complexity index is 1460. The molecule has 0 bridgehead atoms. The van der Waals surface area contributed by atoms with Crippen molar-refractivity contribution in [3.8, 4) is 5.75 Å². The van der Waals surface area contributed by atoms with Crippen LogP contribution < -0.4 is 21.0 Å². The molecule has 32 heavy (non-hydrogen) atoms. The normalized spacial score (nSPS) is 13.2. The molecule has 0 atom stereocenters. The van der Waals surface area contributed by atoms with Gasteiger partial charge in [0.05, 0.1) is 25.9 Å². The van der Waals surface area contributed by atoms with Crippen LogP contribution in [0.15, 0.2) is 69.3 Å². The standard InChI is InChI=1S/C23H22N6O3/c1-26-20-19(21(30)27(2)23(26)31)28-14-18(16-9-11-17(32-3)12-10-16)25-29(22(28)24-20)13-15-7-5-4-6-8-15/h4-12H,13-14H2,1-3H3. The lowest BCUT2D eigenvalue weighted by molar-refractivity contribution is 0.415. The lowest BCUT2D eigenvalue weighted by atomic mass is 10.1. The molecular weight excluding hydrogens is 408 g/mol. The maximum atomic E-state index is 13.0. The molecule has 4 aromatic rings. The number of rotatable bonds is 4. The summed E-state index contributed by atoms with van der Waals surface area (Å²) < 4.78 is 9.62. The molecule has 0 fully saturated rings. The molecular formula is C23H22N6O3. The van der Waals surface area contributed by atoms with Gasteiger partial charge in [-0.15, -0.1) is 0 Å². The maximum Gasteiger partial charge on any atom is 0.332 e. The Kier molecular flexibility index (Phi) is 4.66. The molecule has 9 heteroatoms. The van der Waals surface area contributed by atoms with Crippen molar-refractivity contribution in [1.29, 1.82) is 0 Å². The Labute approximate surface area is 183 Å². The number of hydrazone groups is 1. The third kappa shape index (κ3) is 3.09. The minimum absolute atomic E-state index is 0.345. The molecule has 1 aliphatic rings. The topological polar surface area (TPSA) is 86.7 Å². The quantitative estimate of drug-likeness (QED) is 0.493. The van der Waals surface area contributed by atoms with Gasteiger partial charge in [-0.1, -0.05) is 30.3 Å². The van der Waals surface area contributed by atoms with Crippen LogP contribution >= 0.6 is 0 Å². The number of ether oxygens (including phenoxy) is 1. The number of hydrogen-bond donors (Lipinski definition) is 0. The number of imidazole rings is 1. The van der Waals surface area contributed by atoms with Gasteiger partial charge >= 0.3 is 5.69 Å². The van der Waals surface area contributed by atoms with Gasteiger partial charge in [0.2, 0.25) is 5.95 Å². The molecule has 0 spiro atoms. The molecule has 2 aromatic carbocycles. The van der Waals surface area contributed by atoms with Gasteiger partial charge in [-0.2, -0.15) is 10.1 Å². The largest absolute Gasteiger partial charge is 0.497 e. The van der Waals surface area contributed by atoms with Crippen molar-refractivity contribution in [2.75, 3.05) is 12.1 Å². The van der Waals surface area contributed by atoms with E-state index in [1.165, 1.54) is 11.6 Å². The Morgan fingerprint density at radius 2 is 1.69 bits per heavy atom. The van der Waals surface area contributed by atoms with Crippen molar-refractivity contribution >= 4 is 22.8 Å². The van der Waals surface area contributed by atoms with E-state index in [9.17, 15) is 9.59 Å². The van der Waals surface area contributed by atoms with Crippen LogP contribution in [0.2, 0.25) is 0 Å². The fraction of sp³-hybridized carbons (Fsp3) is 0.217. The highest BCUT2D eigenvalue weighted by Gasteiger charge is 2.28. The van der Waals surface area contributed by atoms with Gasteiger partial charge in [0.15, 0.2) is 11.2 Å². The Morgan fingerprint density at radius 3 is 2.38 bits per heavy atom. The summed E-state index contributed by atoms with van der Waals surface area (Å²) in [5.41, 5.74) is 2.68. The maximum absolute atomic E-state index is 13.0. The van der Waals surface area contributed by atoms with E-state index in [2.05, 4.69) is 4.98 Å². The van der Waals surface area contributed by atoms with Crippen molar-refractivity contribution in [2.24, 2.45) is 19.2 Å². The van der Waals surface area contributed by atoms with Crippen LogP contribution in [0.25, 0.3) is 11.2 Å². The van der Waals surface area contributed by atoms with Crippen molar-refractivity contribution < 1.29 is 4.74 Å². The first-order valence-electron chi connectivity index (χ1n) is 10.2. The number of aromatic nitrogens is 4. The number of hydrogen-bond acceptors (Lipinski definition) is 6. The second-order valence-electron chi connectivity index (χ2n) is 7.69. The summed E-state index contributed by atoms with van der Waals surface area (Å²) in [5, 5.41) is 6.65. The van der Waals surface area contributed by atoms with Crippen LogP contribution in [0, 0.1) is 0 Å². The number of fused-ring (bicyclic) bond motifs is 3. The molecule has 1 aliphatic heterocycles. The van der Waals surface area contributed by atoms with E-state index < -0.39 is 5.69 Å². The van der Waals surface area contributed by atoms with Crippen molar-refractivity contribution in [3.63, 3.8) is 0 Å². The van der Waals surface area contributed by atoms with Gasteiger partial charge in [0, 0.05) is 14.1 Å². The molecule has 0 radical (unpaired) electrons. The van der Waals surface area contributed by atoms with Gasteiger partial charge in [-0.05, 0) is 35.4 Å². The molecule has 0 aliphatic carbocycles. The molecule has 9 nitrogen and oxygen atoms in total. The third-order valence-corrected chi connectivity index (χ3v) is 5.71. The van der Waals surface area contributed by atoms with Crippen LogP contribution in [0.1, 0.15) is 11.1 Å². The fourth-order valence-electron chi connectivity index (χ4n) is 3.95. The molecule has 2 aromatic heterocycles. The highest BCUT2D eigenvalue weighted by Crippen LogP contribution is 2.27. The summed E-state index contributed by atoms with van der Waals surface area (Å²) in [6.07, 6.45) is 0. The molecule has 0 saturated carbocycles. The number of benzene rings is 2. The van der Waals surface area contributed by atoms with Crippen LogP contribution in [0.5, 0.6) is 5.75 Å². The van der Waals surface area contributed by atoms with E-state index in [1.807, 2.05) is 59.2 Å². The molecule has 0 saturated heterocycles. The molecule has 0 unspecified atom stereocenters. The van der Waals surface area contributed by atoms with E-state index in [0.29, 0.717) is 30.2 Å². The van der Waals surface area contributed by atoms with Crippen LogP contribution in [-0.2, 0) is 27.2 Å². The number of anilines is 1. The number of aryl methyl sites for hydroxylation is 1. The lowest BCUT2D eigenvalue weighted by Gasteiger charge is -2.26. The number of methoxy groups -OCH3 is 1. The second kappa shape index (κ2) is 7.52. The lowest BCUT2D eigenvalue weighted by Crippen LogP contribution is -2.38. The average molecular weight is 430 g/mol. The van der Waals surface area contributed by atoms with Gasteiger partial charge in [-0.25, -0.2) is 9.80 Å². The molecule has 162 valence electrons. The molecule has 5 rings (SSSR count). The summed E-state index contributed by atoms with van der Waals surface area (Å²) >= 11 is 0. The van der Waals surface area contributed by atoms with Gasteiger partial charge in [0.25, 0.3) is 5.56 Å². The zero-order chi connectivity index (χ0) is 22.4. The zero-order valence-electron chi connectivity index (χ0n) is 18.0. The van der Waals surface area contributed by atoms with Crippen molar-refractivity contribution in [3.05, 3.63) is 86.6 Å². The average Bonchev–Trinajstić information content (AvgIpc) is 3.22. The minimum atomic E-state index is -0.413. The first-order valence-corrected chi connectivity index (χ1v) is 10.2. The SMILES string of the molecule is COc1ccc(C2=NN(Cc3ccccc3)c3nc4c(c(=O)n(C)c(=O)n4C)n3C2)cc1.